The van der Waals surface area contributed by atoms with Crippen LogP contribution in [0.15, 0.2) is 59.5 Å². The van der Waals surface area contributed by atoms with Crippen LogP contribution in [0.3, 0.4) is 0 Å². The minimum absolute atomic E-state index is 0.0673. The van der Waals surface area contributed by atoms with Crippen molar-refractivity contribution in [3.05, 3.63) is 65.7 Å². The normalized spacial score (nSPS) is 22.6. The molecule has 1 aliphatic rings. The van der Waals surface area contributed by atoms with Crippen LogP contribution in [0, 0.1) is 11.8 Å². The average Bonchev–Trinajstić information content (AvgIpc) is 2.71. The molecule has 0 saturated heterocycles. The maximum Gasteiger partial charge on any atom is 0.251 e. The van der Waals surface area contributed by atoms with Gasteiger partial charge in [0.2, 0.25) is 10.0 Å². The van der Waals surface area contributed by atoms with Gasteiger partial charge in [-0.25, -0.2) is 13.1 Å². The molecule has 1 aliphatic carbocycles. The Hall–Kier alpha value is -2.18. The lowest BCUT2D eigenvalue weighted by Crippen LogP contribution is -2.43. The highest BCUT2D eigenvalue weighted by Gasteiger charge is 2.28. The van der Waals surface area contributed by atoms with Gasteiger partial charge in [0.15, 0.2) is 0 Å². The van der Waals surface area contributed by atoms with E-state index in [4.69, 9.17) is 0 Å². The van der Waals surface area contributed by atoms with Crippen molar-refractivity contribution < 1.29 is 13.2 Å². The van der Waals surface area contributed by atoms with Gasteiger partial charge in [0.1, 0.15) is 0 Å². The second-order valence-electron chi connectivity index (χ2n) is 7.68. The van der Waals surface area contributed by atoms with E-state index in [1.807, 2.05) is 0 Å². The highest BCUT2D eigenvalue weighted by atomic mass is 32.2. The Morgan fingerprint density at radius 1 is 1.00 bits per heavy atom. The summed E-state index contributed by atoms with van der Waals surface area (Å²) in [6, 6.07) is 15.6. The Labute approximate surface area is 167 Å². The van der Waals surface area contributed by atoms with Crippen molar-refractivity contribution in [2.45, 2.75) is 50.6 Å². The van der Waals surface area contributed by atoms with Gasteiger partial charge < -0.3 is 5.32 Å². The Bertz CT molecular complexity index is 895. The second-order valence-corrected chi connectivity index (χ2v) is 9.45. The number of carbonyl (C=O) groups is 1. The van der Waals surface area contributed by atoms with Gasteiger partial charge >= 0.3 is 0 Å². The third-order valence-electron chi connectivity index (χ3n) is 5.76. The lowest BCUT2D eigenvalue weighted by atomic mass is 9.78. The quantitative estimate of drug-likeness (QED) is 0.776. The van der Waals surface area contributed by atoms with Crippen LogP contribution in [0.1, 0.15) is 49.0 Å². The van der Waals surface area contributed by atoms with Gasteiger partial charge in [0.25, 0.3) is 5.91 Å². The number of nitrogens with one attached hydrogen (secondary N) is 2. The zero-order valence-electron chi connectivity index (χ0n) is 16.4. The Balaban J connectivity index is 1.58. The Kier molecular flexibility index (Phi) is 6.52. The second kappa shape index (κ2) is 8.88. The molecule has 2 aromatic rings. The fourth-order valence-electron chi connectivity index (χ4n) is 3.67. The van der Waals surface area contributed by atoms with Gasteiger partial charge in [-0.2, -0.15) is 0 Å². The largest absolute Gasteiger partial charge is 0.349 e. The SMILES string of the molecule is C[C@H]1[C@H](C)CCC[C@H]1NC(=O)c1ccc(CNS(=O)(=O)c2ccccc2)cc1. The molecular formula is C22H28N2O3S. The fraction of sp³-hybridized carbons (Fsp3) is 0.409. The molecule has 3 rings (SSSR count). The number of hydrogen-bond donors (Lipinski definition) is 2. The van der Waals surface area contributed by atoms with Crippen LogP contribution in [-0.4, -0.2) is 20.4 Å². The van der Waals surface area contributed by atoms with E-state index < -0.39 is 10.0 Å². The predicted molar refractivity (Wildman–Crippen MR) is 110 cm³/mol. The number of carbonyl (C=O) groups excluding carboxylic acids is 1. The minimum Gasteiger partial charge on any atom is -0.349 e. The molecule has 3 atom stereocenters. The summed E-state index contributed by atoms with van der Waals surface area (Å²) in [5.74, 6) is 1.03. The van der Waals surface area contributed by atoms with E-state index in [-0.39, 0.29) is 23.4 Å². The van der Waals surface area contributed by atoms with Gasteiger partial charge in [-0.05, 0) is 48.1 Å². The van der Waals surface area contributed by atoms with Crippen LogP contribution in [0.4, 0.5) is 0 Å². The maximum atomic E-state index is 12.6. The van der Waals surface area contributed by atoms with Gasteiger partial charge in [-0.15, -0.1) is 0 Å². The molecule has 150 valence electrons. The van der Waals surface area contributed by atoms with Crippen LogP contribution in [0.5, 0.6) is 0 Å². The molecule has 1 fully saturated rings. The number of benzene rings is 2. The maximum absolute atomic E-state index is 12.6. The summed E-state index contributed by atoms with van der Waals surface area (Å²) in [6.45, 7) is 4.63. The van der Waals surface area contributed by atoms with Gasteiger partial charge in [0.05, 0.1) is 4.90 Å². The molecule has 1 amide bonds. The van der Waals surface area contributed by atoms with E-state index in [0.717, 1.165) is 18.4 Å². The third-order valence-corrected chi connectivity index (χ3v) is 7.18. The van der Waals surface area contributed by atoms with Crippen LogP contribution in [-0.2, 0) is 16.6 Å². The summed E-state index contributed by atoms with van der Waals surface area (Å²) >= 11 is 0. The molecule has 0 spiro atoms. The van der Waals surface area contributed by atoms with Crippen molar-refractivity contribution in [3.63, 3.8) is 0 Å². The average molecular weight is 401 g/mol. The van der Waals surface area contributed by atoms with Gasteiger partial charge in [-0.1, -0.05) is 57.0 Å². The van der Waals surface area contributed by atoms with E-state index >= 15 is 0 Å². The lowest BCUT2D eigenvalue weighted by Gasteiger charge is -2.34. The standard InChI is InChI=1S/C22H28N2O3S/c1-16-7-6-10-21(17(16)2)24-22(25)19-13-11-18(12-14-19)15-23-28(26,27)20-8-4-3-5-9-20/h3-5,8-9,11-14,16-17,21,23H,6-7,10,15H2,1-2H3,(H,24,25)/t16-,17+,21-/m1/s1. The minimum atomic E-state index is -3.54. The highest BCUT2D eigenvalue weighted by Crippen LogP contribution is 2.29. The Morgan fingerprint density at radius 3 is 2.36 bits per heavy atom. The van der Waals surface area contributed by atoms with Crippen LogP contribution in [0.2, 0.25) is 0 Å². The molecule has 0 heterocycles. The molecule has 1 saturated carbocycles. The van der Waals surface area contributed by atoms with Gasteiger partial charge in [0, 0.05) is 18.2 Å². The number of hydrogen-bond acceptors (Lipinski definition) is 3. The summed E-state index contributed by atoms with van der Waals surface area (Å²) in [7, 11) is -3.54. The summed E-state index contributed by atoms with van der Waals surface area (Å²) in [4.78, 5) is 12.8. The molecule has 6 heteroatoms. The summed E-state index contributed by atoms with van der Waals surface area (Å²) in [6.07, 6.45) is 3.40. The van der Waals surface area contributed by atoms with E-state index in [9.17, 15) is 13.2 Å². The lowest BCUT2D eigenvalue weighted by molar-refractivity contribution is 0.0891. The number of amides is 1. The molecule has 0 radical (unpaired) electrons. The van der Waals surface area contributed by atoms with Crippen LogP contribution in [0.25, 0.3) is 0 Å². The molecule has 0 aromatic heterocycles. The van der Waals surface area contributed by atoms with E-state index in [2.05, 4.69) is 23.9 Å². The van der Waals surface area contributed by atoms with Crippen molar-refractivity contribution in [1.82, 2.24) is 10.0 Å². The molecule has 5 nitrogen and oxygen atoms in total. The zero-order chi connectivity index (χ0) is 20.1. The number of rotatable bonds is 6. The first kappa shape index (κ1) is 20.6. The van der Waals surface area contributed by atoms with Crippen molar-refractivity contribution >= 4 is 15.9 Å². The number of sulfonamides is 1. The molecule has 0 unspecified atom stereocenters. The fourth-order valence-corrected chi connectivity index (χ4v) is 4.71. The topological polar surface area (TPSA) is 75.3 Å². The predicted octanol–water partition coefficient (Wildman–Crippen LogP) is 3.72. The van der Waals surface area contributed by atoms with Gasteiger partial charge in [-0.3, -0.25) is 4.79 Å². The monoisotopic (exact) mass is 400 g/mol. The van der Waals surface area contributed by atoms with E-state index in [1.54, 1.807) is 54.6 Å². The van der Waals surface area contributed by atoms with Crippen molar-refractivity contribution in [1.29, 1.82) is 0 Å². The molecule has 0 bridgehead atoms. The zero-order valence-corrected chi connectivity index (χ0v) is 17.2. The third kappa shape index (κ3) is 5.00. The van der Waals surface area contributed by atoms with Crippen molar-refractivity contribution in [2.75, 3.05) is 0 Å². The van der Waals surface area contributed by atoms with Crippen LogP contribution < -0.4 is 10.0 Å². The van der Waals surface area contributed by atoms with E-state index in [1.165, 1.54) is 6.42 Å². The first-order valence-electron chi connectivity index (χ1n) is 9.81. The molecule has 2 aromatic carbocycles. The summed E-state index contributed by atoms with van der Waals surface area (Å²) in [5.41, 5.74) is 1.40. The molecular weight excluding hydrogens is 372 g/mol. The molecule has 28 heavy (non-hydrogen) atoms. The smallest absolute Gasteiger partial charge is 0.251 e. The Morgan fingerprint density at radius 2 is 1.68 bits per heavy atom. The van der Waals surface area contributed by atoms with Crippen molar-refractivity contribution in [3.8, 4) is 0 Å². The van der Waals surface area contributed by atoms with Crippen LogP contribution >= 0.6 is 0 Å². The molecule has 2 N–H and O–H groups in total. The highest BCUT2D eigenvalue weighted by molar-refractivity contribution is 7.89. The first-order valence-corrected chi connectivity index (χ1v) is 11.3. The molecule has 0 aliphatic heterocycles. The first-order chi connectivity index (χ1) is 13.4. The summed E-state index contributed by atoms with van der Waals surface area (Å²) in [5, 5.41) is 3.16. The van der Waals surface area contributed by atoms with E-state index in [0.29, 0.717) is 17.4 Å². The van der Waals surface area contributed by atoms with Crippen molar-refractivity contribution in [2.24, 2.45) is 11.8 Å². The summed E-state index contributed by atoms with van der Waals surface area (Å²) < 4.78 is 27.2.